The Balaban J connectivity index is 2.26. The van der Waals surface area contributed by atoms with Crippen LogP contribution in [0.25, 0.3) is 11.3 Å². The second-order valence-corrected chi connectivity index (χ2v) is 4.81. The summed E-state index contributed by atoms with van der Waals surface area (Å²) in [5.74, 6) is 0.806. The van der Waals surface area contributed by atoms with Crippen molar-refractivity contribution in [1.82, 2.24) is 9.97 Å². The van der Waals surface area contributed by atoms with Gasteiger partial charge < -0.3 is 4.74 Å². The van der Waals surface area contributed by atoms with Crippen molar-refractivity contribution < 1.29 is 4.74 Å². The molecule has 0 N–H and O–H groups in total. The number of allylic oxidation sites excluding steroid dienone is 3. The van der Waals surface area contributed by atoms with Gasteiger partial charge in [-0.1, -0.05) is 43.0 Å². The predicted octanol–water partition coefficient (Wildman–Crippen LogP) is 4.52. The monoisotopic (exact) mass is 292 g/mol. The Labute approximate surface area is 131 Å². The van der Waals surface area contributed by atoms with E-state index >= 15 is 0 Å². The van der Waals surface area contributed by atoms with Gasteiger partial charge in [0.25, 0.3) is 0 Å². The second-order valence-electron chi connectivity index (χ2n) is 4.81. The number of aromatic nitrogens is 2. The molecule has 2 rings (SSSR count). The van der Waals surface area contributed by atoms with E-state index in [0.717, 1.165) is 28.3 Å². The number of nitrogens with zero attached hydrogens (tertiary/aromatic N) is 2. The first-order valence-corrected chi connectivity index (χ1v) is 7.19. The summed E-state index contributed by atoms with van der Waals surface area (Å²) in [7, 11) is 0. The van der Waals surface area contributed by atoms with Crippen LogP contribution in [-0.4, -0.2) is 16.6 Å². The van der Waals surface area contributed by atoms with E-state index in [9.17, 15) is 0 Å². The van der Waals surface area contributed by atoms with Crippen molar-refractivity contribution in [1.29, 1.82) is 0 Å². The van der Waals surface area contributed by atoms with E-state index in [1.807, 2.05) is 62.4 Å². The normalized spacial score (nSPS) is 11.6. The van der Waals surface area contributed by atoms with E-state index in [-0.39, 0.29) is 0 Å². The average Bonchev–Trinajstić information content (AvgIpc) is 2.53. The molecule has 3 nitrogen and oxygen atoms in total. The Morgan fingerprint density at radius 1 is 1.27 bits per heavy atom. The highest BCUT2D eigenvalue weighted by molar-refractivity contribution is 5.67. The number of ether oxygens (including phenoxy) is 1. The van der Waals surface area contributed by atoms with Crippen LogP contribution in [0.15, 0.2) is 73.1 Å². The molecule has 112 valence electrons. The summed E-state index contributed by atoms with van der Waals surface area (Å²) in [4.78, 5) is 8.47. The molecule has 22 heavy (non-hydrogen) atoms. The topological polar surface area (TPSA) is 35.0 Å². The van der Waals surface area contributed by atoms with Crippen LogP contribution in [0.3, 0.4) is 0 Å². The number of para-hydroxylation sites is 1. The molecular formula is C19H20N2O. The minimum absolute atomic E-state index is 0.484. The molecule has 0 aliphatic rings. The SMILES string of the molecule is C=C/C=C(\C=C/C)COc1ccccc1-c1cc(C)ncn1. The maximum atomic E-state index is 5.97. The number of benzene rings is 1. The van der Waals surface area contributed by atoms with Gasteiger partial charge in [0.15, 0.2) is 0 Å². The van der Waals surface area contributed by atoms with Gasteiger partial charge in [-0.3, -0.25) is 0 Å². The fourth-order valence-electron chi connectivity index (χ4n) is 2.08. The summed E-state index contributed by atoms with van der Waals surface area (Å²) >= 11 is 0. The van der Waals surface area contributed by atoms with Gasteiger partial charge in [0.1, 0.15) is 18.7 Å². The van der Waals surface area contributed by atoms with Crippen LogP contribution in [0.5, 0.6) is 5.75 Å². The van der Waals surface area contributed by atoms with Gasteiger partial charge in [0, 0.05) is 11.3 Å². The van der Waals surface area contributed by atoms with Gasteiger partial charge in [-0.05, 0) is 37.6 Å². The van der Waals surface area contributed by atoms with Crippen molar-refractivity contribution in [3.05, 3.63) is 78.8 Å². The van der Waals surface area contributed by atoms with Crippen molar-refractivity contribution in [2.24, 2.45) is 0 Å². The van der Waals surface area contributed by atoms with Crippen LogP contribution in [0, 0.1) is 6.92 Å². The highest BCUT2D eigenvalue weighted by Gasteiger charge is 2.08. The molecule has 0 fully saturated rings. The summed E-state index contributed by atoms with van der Waals surface area (Å²) in [5, 5.41) is 0. The van der Waals surface area contributed by atoms with Crippen molar-refractivity contribution in [2.75, 3.05) is 6.61 Å². The van der Waals surface area contributed by atoms with E-state index in [1.54, 1.807) is 12.4 Å². The zero-order chi connectivity index (χ0) is 15.8. The molecule has 0 atom stereocenters. The third kappa shape index (κ3) is 4.16. The molecule has 0 saturated carbocycles. The minimum Gasteiger partial charge on any atom is -0.488 e. The average molecular weight is 292 g/mol. The Kier molecular flexibility index (Phi) is 5.66. The maximum Gasteiger partial charge on any atom is 0.129 e. The highest BCUT2D eigenvalue weighted by atomic mass is 16.5. The van der Waals surface area contributed by atoms with Crippen LogP contribution in [0.1, 0.15) is 12.6 Å². The number of aryl methyl sites for hydroxylation is 1. The smallest absolute Gasteiger partial charge is 0.129 e. The van der Waals surface area contributed by atoms with Crippen LogP contribution in [-0.2, 0) is 0 Å². The van der Waals surface area contributed by atoms with Gasteiger partial charge in [-0.15, -0.1) is 0 Å². The lowest BCUT2D eigenvalue weighted by Crippen LogP contribution is -2.01. The van der Waals surface area contributed by atoms with Gasteiger partial charge >= 0.3 is 0 Å². The number of hydrogen-bond acceptors (Lipinski definition) is 3. The lowest BCUT2D eigenvalue weighted by atomic mass is 10.1. The third-order valence-corrected chi connectivity index (χ3v) is 3.07. The van der Waals surface area contributed by atoms with Crippen molar-refractivity contribution >= 4 is 0 Å². The number of hydrogen-bond donors (Lipinski definition) is 0. The first-order valence-electron chi connectivity index (χ1n) is 7.19. The van der Waals surface area contributed by atoms with E-state index in [0.29, 0.717) is 6.61 Å². The van der Waals surface area contributed by atoms with Crippen molar-refractivity contribution in [3.63, 3.8) is 0 Å². The molecule has 1 aromatic carbocycles. The van der Waals surface area contributed by atoms with Crippen LogP contribution < -0.4 is 4.74 Å². The van der Waals surface area contributed by atoms with E-state index < -0.39 is 0 Å². The van der Waals surface area contributed by atoms with E-state index in [4.69, 9.17) is 4.74 Å². The first-order chi connectivity index (χ1) is 10.7. The van der Waals surface area contributed by atoms with Gasteiger partial charge in [-0.2, -0.15) is 0 Å². The van der Waals surface area contributed by atoms with Gasteiger partial charge in [0.2, 0.25) is 0 Å². The summed E-state index contributed by atoms with van der Waals surface area (Å²) in [6, 6.07) is 9.84. The molecule has 1 aromatic heterocycles. The Bertz CT molecular complexity index is 702. The van der Waals surface area contributed by atoms with E-state index in [1.165, 1.54) is 0 Å². The van der Waals surface area contributed by atoms with Crippen LogP contribution >= 0.6 is 0 Å². The molecule has 0 amide bonds. The zero-order valence-corrected chi connectivity index (χ0v) is 13.0. The quantitative estimate of drug-likeness (QED) is 0.734. The van der Waals surface area contributed by atoms with Crippen molar-refractivity contribution in [3.8, 4) is 17.0 Å². The lowest BCUT2D eigenvalue weighted by molar-refractivity contribution is 0.357. The summed E-state index contributed by atoms with van der Waals surface area (Å²) in [6.45, 7) is 8.14. The highest BCUT2D eigenvalue weighted by Crippen LogP contribution is 2.28. The Hall–Kier alpha value is -2.68. The molecule has 0 aliphatic carbocycles. The third-order valence-electron chi connectivity index (χ3n) is 3.07. The van der Waals surface area contributed by atoms with Gasteiger partial charge in [-0.25, -0.2) is 9.97 Å². The predicted molar refractivity (Wildman–Crippen MR) is 90.8 cm³/mol. The van der Waals surface area contributed by atoms with E-state index in [2.05, 4.69) is 16.5 Å². The molecule has 0 radical (unpaired) electrons. The molecule has 0 spiro atoms. The molecular weight excluding hydrogens is 272 g/mol. The molecule has 1 heterocycles. The fourth-order valence-corrected chi connectivity index (χ4v) is 2.08. The molecule has 0 saturated heterocycles. The zero-order valence-electron chi connectivity index (χ0n) is 13.0. The molecule has 2 aromatic rings. The molecule has 0 aliphatic heterocycles. The fraction of sp³-hybridized carbons (Fsp3) is 0.158. The van der Waals surface area contributed by atoms with Gasteiger partial charge in [0.05, 0.1) is 5.69 Å². The summed E-state index contributed by atoms with van der Waals surface area (Å²) in [5.41, 5.74) is 3.82. The largest absolute Gasteiger partial charge is 0.488 e. The standard InChI is InChI=1S/C19H20N2O/c1-4-8-16(9-5-2)13-22-19-11-7-6-10-17(19)18-12-15(3)20-14-21-18/h4-12,14H,1,13H2,2-3H3/b9-5-,16-8+. The van der Waals surface area contributed by atoms with Crippen LogP contribution in [0.4, 0.5) is 0 Å². The first kappa shape index (κ1) is 15.7. The Morgan fingerprint density at radius 2 is 2.09 bits per heavy atom. The summed E-state index contributed by atoms with van der Waals surface area (Å²) in [6.07, 6.45) is 9.28. The summed E-state index contributed by atoms with van der Waals surface area (Å²) < 4.78 is 5.97. The Morgan fingerprint density at radius 3 is 2.82 bits per heavy atom. The number of rotatable bonds is 6. The lowest BCUT2D eigenvalue weighted by Gasteiger charge is -2.11. The molecule has 0 bridgehead atoms. The maximum absolute atomic E-state index is 5.97. The molecule has 0 unspecified atom stereocenters. The van der Waals surface area contributed by atoms with Crippen molar-refractivity contribution in [2.45, 2.75) is 13.8 Å². The second kappa shape index (κ2) is 7.93. The minimum atomic E-state index is 0.484. The van der Waals surface area contributed by atoms with Crippen LogP contribution in [0.2, 0.25) is 0 Å². The molecule has 3 heteroatoms.